The van der Waals surface area contributed by atoms with Crippen LogP contribution in [0, 0.1) is 0 Å². The van der Waals surface area contributed by atoms with Crippen LogP contribution in [0.3, 0.4) is 0 Å². The summed E-state index contributed by atoms with van der Waals surface area (Å²) in [4.78, 5) is 6.22. The van der Waals surface area contributed by atoms with Crippen LogP contribution in [-0.4, -0.2) is 16.8 Å². The summed E-state index contributed by atoms with van der Waals surface area (Å²) in [5.41, 5.74) is 1.32. The summed E-state index contributed by atoms with van der Waals surface area (Å²) in [6, 6.07) is 0.791. The maximum Gasteiger partial charge on any atom is 0.103 e. The van der Waals surface area contributed by atoms with Gasteiger partial charge in [0.1, 0.15) is 5.01 Å². The van der Waals surface area contributed by atoms with Crippen LogP contribution < -0.4 is 5.32 Å². The van der Waals surface area contributed by atoms with E-state index >= 15 is 0 Å². The van der Waals surface area contributed by atoms with Gasteiger partial charge in [-0.15, -0.1) is 11.3 Å². The first-order chi connectivity index (χ1) is 8.33. The highest BCUT2D eigenvalue weighted by Crippen LogP contribution is 2.25. The van der Waals surface area contributed by atoms with Crippen molar-refractivity contribution in [3.8, 4) is 0 Å². The van der Waals surface area contributed by atoms with Crippen molar-refractivity contribution >= 4 is 23.1 Å². The summed E-state index contributed by atoms with van der Waals surface area (Å²) in [5, 5.41) is 4.90. The first kappa shape index (κ1) is 13.4. The van der Waals surface area contributed by atoms with Crippen LogP contribution in [-0.2, 0) is 18.7 Å². The monoisotopic (exact) mass is 270 g/mol. The number of rotatable bonds is 8. The zero-order chi connectivity index (χ0) is 12.1. The standard InChI is InChI=1S/C13H22N2S2/c1-3-7-16-9-13-15-11(4-2)12(17-13)8-14-10-5-6-10/h10,14H,3-9H2,1-2H3. The molecule has 2 nitrogen and oxygen atoms in total. The summed E-state index contributed by atoms with van der Waals surface area (Å²) in [7, 11) is 0. The number of hydrogen-bond donors (Lipinski definition) is 1. The maximum atomic E-state index is 4.76. The van der Waals surface area contributed by atoms with Crippen molar-refractivity contribution < 1.29 is 0 Å². The van der Waals surface area contributed by atoms with E-state index in [0.29, 0.717) is 0 Å². The summed E-state index contributed by atoms with van der Waals surface area (Å²) in [5.74, 6) is 2.34. The van der Waals surface area contributed by atoms with Crippen molar-refractivity contribution in [2.45, 2.75) is 57.9 Å². The maximum absolute atomic E-state index is 4.76. The number of nitrogens with one attached hydrogen (secondary N) is 1. The van der Waals surface area contributed by atoms with Crippen LogP contribution in [0.2, 0.25) is 0 Å². The molecule has 1 saturated carbocycles. The molecule has 0 spiro atoms. The molecule has 0 unspecified atom stereocenters. The lowest BCUT2D eigenvalue weighted by atomic mass is 10.3. The minimum atomic E-state index is 0.791. The summed E-state index contributed by atoms with van der Waals surface area (Å²) in [6.45, 7) is 5.47. The van der Waals surface area contributed by atoms with E-state index in [0.717, 1.165) is 24.8 Å². The Labute approximate surface area is 113 Å². The van der Waals surface area contributed by atoms with E-state index in [1.54, 1.807) is 0 Å². The molecule has 4 heteroatoms. The minimum Gasteiger partial charge on any atom is -0.309 e. The zero-order valence-electron chi connectivity index (χ0n) is 10.8. The third-order valence-corrected chi connectivity index (χ3v) is 5.31. The van der Waals surface area contributed by atoms with Gasteiger partial charge in [-0.3, -0.25) is 0 Å². The van der Waals surface area contributed by atoms with E-state index in [-0.39, 0.29) is 0 Å². The van der Waals surface area contributed by atoms with Crippen LogP contribution in [0.1, 0.15) is 48.7 Å². The lowest BCUT2D eigenvalue weighted by molar-refractivity contribution is 0.689. The summed E-state index contributed by atoms with van der Waals surface area (Å²) in [6.07, 6.45) is 5.04. The zero-order valence-corrected chi connectivity index (χ0v) is 12.4. The summed E-state index contributed by atoms with van der Waals surface area (Å²) >= 11 is 3.91. The predicted octanol–water partition coefficient (Wildman–Crippen LogP) is 3.60. The van der Waals surface area contributed by atoms with Gasteiger partial charge in [0.15, 0.2) is 0 Å². The largest absolute Gasteiger partial charge is 0.309 e. The van der Waals surface area contributed by atoms with Crippen molar-refractivity contribution in [2.24, 2.45) is 0 Å². The number of hydrogen-bond acceptors (Lipinski definition) is 4. The topological polar surface area (TPSA) is 24.9 Å². The van der Waals surface area contributed by atoms with Crippen LogP contribution >= 0.6 is 23.1 Å². The molecule has 1 aromatic heterocycles. The molecule has 1 aromatic rings. The lowest BCUT2D eigenvalue weighted by Gasteiger charge is -2.00. The predicted molar refractivity (Wildman–Crippen MR) is 77.8 cm³/mol. The van der Waals surface area contributed by atoms with E-state index in [1.807, 2.05) is 23.1 Å². The second-order valence-electron chi connectivity index (χ2n) is 4.54. The Bertz CT molecular complexity index is 345. The SMILES string of the molecule is CCCSCc1nc(CC)c(CNC2CC2)s1. The second-order valence-corrected chi connectivity index (χ2v) is 6.81. The van der Waals surface area contributed by atoms with Gasteiger partial charge in [-0.25, -0.2) is 4.98 Å². The Morgan fingerprint density at radius 1 is 1.41 bits per heavy atom. The van der Waals surface area contributed by atoms with Gasteiger partial charge in [0.05, 0.1) is 5.69 Å². The molecular formula is C13H22N2S2. The van der Waals surface area contributed by atoms with Crippen molar-refractivity contribution in [1.82, 2.24) is 10.3 Å². The Hall–Kier alpha value is -0.0600. The highest BCUT2D eigenvalue weighted by atomic mass is 32.2. The second kappa shape index (κ2) is 6.76. The van der Waals surface area contributed by atoms with Gasteiger partial charge < -0.3 is 5.32 Å². The van der Waals surface area contributed by atoms with Gasteiger partial charge in [-0.1, -0.05) is 13.8 Å². The quantitative estimate of drug-likeness (QED) is 0.731. The number of aromatic nitrogens is 1. The third kappa shape index (κ3) is 4.27. The normalized spacial score (nSPS) is 15.4. The Morgan fingerprint density at radius 3 is 2.88 bits per heavy atom. The van der Waals surface area contributed by atoms with Gasteiger partial charge in [0.25, 0.3) is 0 Å². The number of nitrogens with zero attached hydrogens (tertiary/aromatic N) is 1. The average Bonchev–Trinajstić information content (AvgIpc) is 3.08. The molecule has 0 aromatic carbocycles. The molecule has 0 atom stereocenters. The van der Waals surface area contributed by atoms with Gasteiger partial charge in [0.2, 0.25) is 0 Å². The Balaban J connectivity index is 1.88. The molecule has 1 aliphatic rings. The number of aryl methyl sites for hydroxylation is 1. The molecule has 1 fully saturated rings. The van der Waals surface area contributed by atoms with Gasteiger partial charge in [0, 0.05) is 23.2 Å². The first-order valence-electron chi connectivity index (χ1n) is 6.62. The molecule has 1 N–H and O–H groups in total. The minimum absolute atomic E-state index is 0.791. The van der Waals surface area contributed by atoms with Crippen LogP contribution in [0.15, 0.2) is 0 Å². The molecule has 1 heterocycles. The number of thiazole rings is 1. The fourth-order valence-corrected chi connectivity index (χ4v) is 3.80. The third-order valence-electron chi connectivity index (χ3n) is 2.86. The van der Waals surface area contributed by atoms with Crippen molar-refractivity contribution in [3.05, 3.63) is 15.6 Å². The molecule has 96 valence electrons. The van der Waals surface area contributed by atoms with Gasteiger partial charge >= 0.3 is 0 Å². The van der Waals surface area contributed by atoms with Crippen LogP contribution in [0.5, 0.6) is 0 Å². The Morgan fingerprint density at radius 2 is 2.24 bits per heavy atom. The Kier molecular flexibility index (Phi) is 5.32. The highest BCUT2D eigenvalue weighted by Gasteiger charge is 2.21. The molecule has 2 rings (SSSR count). The molecule has 0 radical (unpaired) electrons. The van der Waals surface area contributed by atoms with Crippen molar-refractivity contribution in [3.63, 3.8) is 0 Å². The fourth-order valence-electron chi connectivity index (χ4n) is 1.74. The first-order valence-corrected chi connectivity index (χ1v) is 8.59. The highest BCUT2D eigenvalue weighted by molar-refractivity contribution is 7.98. The molecule has 0 aliphatic heterocycles. The van der Waals surface area contributed by atoms with Crippen LogP contribution in [0.4, 0.5) is 0 Å². The molecule has 0 bridgehead atoms. The average molecular weight is 270 g/mol. The molecular weight excluding hydrogens is 248 g/mol. The molecule has 17 heavy (non-hydrogen) atoms. The summed E-state index contributed by atoms with van der Waals surface area (Å²) < 4.78 is 0. The van der Waals surface area contributed by atoms with E-state index in [4.69, 9.17) is 4.98 Å². The van der Waals surface area contributed by atoms with E-state index in [1.165, 1.54) is 40.6 Å². The smallest absolute Gasteiger partial charge is 0.103 e. The molecule has 1 aliphatic carbocycles. The van der Waals surface area contributed by atoms with Gasteiger partial charge in [-0.2, -0.15) is 11.8 Å². The van der Waals surface area contributed by atoms with Gasteiger partial charge in [-0.05, 0) is 31.4 Å². The van der Waals surface area contributed by atoms with Crippen LogP contribution in [0.25, 0.3) is 0 Å². The van der Waals surface area contributed by atoms with E-state index in [2.05, 4.69) is 19.2 Å². The van der Waals surface area contributed by atoms with E-state index in [9.17, 15) is 0 Å². The lowest BCUT2D eigenvalue weighted by Crippen LogP contribution is -2.15. The van der Waals surface area contributed by atoms with E-state index < -0.39 is 0 Å². The van der Waals surface area contributed by atoms with Crippen molar-refractivity contribution in [1.29, 1.82) is 0 Å². The van der Waals surface area contributed by atoms with Crippen molar-refractivity contribution in [2.75, 3.05) is 5.75 Å². The fraction of sp³-hybridized carbons (Fsp3) is 0.769. The molecule has 0 saturated heterocycles. The molecule has 0 amide bonds. The number of thioether (sulfide) groups is 1.